The number of carbonyl (C=O) groups excluding carboxylic acids is 1. The molecule has 7 nitrogen and oxygen atoms in total. The monoisotopic (exact) mass is 266 g/mol. The van der Waals surface area contributed by atoms with Crippen LogP contribution in [0.1, 0.15) is 32.5 Å². The van der Waals surface area contributed by atoms with Crippen molar-refractivity contribution < 1.29 is 4.79 Å². The summed E-state index contributed by atoms with van der Waals surface area (Å²) in [6.07, 6.45) is 2.03. The Bertz CT molecular complexity index is 418. The Hall–Kier alpha value is -1.50. The van der Waals surface area contributed by atoms with Gasteiger partial charge in [-0.25, -0.2) is 4.68 Å². The molecule has 1 amide bonds. The molecular weight excluding hydrogens is 244 g/mol. The third-order valence-corrected chi connectivity index (χ3v) is 3.44. The summed E-state index contributed by atoms with van der Waals surface area (Å²) in [5.74, 6) is 1.08. The molecule has 1 aliphatic heterocycles. The average Bonchev–Trinajstić information content (AvgIpc) is 2.67. The zero-order valence-electron chi connectivity index (χ0n) is 11.7. The molecule has 19 heavy (non-hydrogen) atoms. The van der Waals surface area contributed by atoms with Crippen LogP contribution in [0.25, 0.3) is 0 Å². The summed E-state index contributed by atoms with van der Waals surface area (Å²) in [6.45, 7) is 8.89. The van der Waals surface area contributed by atoms with Gasteiger partial charge in [0, 0.05) is 39.6 Å². The lowest BCUT2D eigenvalue weighted by molar-refractivity contribution is -0.128. The van der Waals surface area contributed by atoms with Gasteiger partial charge in [-0.1, -0.05) is 6.92 Å². The van der Waals surface area contributed by atoms with Crippen LogP contribution in [-0.2, 0) is 17.9 Å². The average molecular weight is 266 g/mol. The molecule has 1 fully saturated rings. The van der Waals surface area contributed by atoms with Crippen LogP contribution in [-0.4, -0.2) is 62.1 Å². The van der Waals surface area contributed by atoms with Crippen LogP contribution in [0.4, 0.5) is 0 Å². The van der Waals surface area contributed by atoms with E-state index in [4.69, 9.17) is 0 Å². The molecule has 0 spiro atoms. The van der Waals surface area contributed by atoms with Crippen molar-refractivity contribution >= 4 is 5.91 Å². The van der Waals surface area contributed by atoms with Crippen LogP contribution in [0.3, 0.4) is 0 Å². The molecule has 106 valence electrons. The molecule has 1 aromatic heterocycles. The molecule has 0 saturated carbocycles. The van der Waals surface area contributed by atoms with E-state index in [0.717, 1.165) is 57.9 Å². The largest absolute Gasteiger partial charge is 0.342 e. The second-order valence-corrected chi connectivity index (χ2v) is 4.95. The smallest absolute Gasteiger partial charge is 0.219 e. The third kappa shape index (κ3) is 3.73. The first-order valence-electron chi connectivity index (χ1n) is 6.93. The second-order valence-electron chi connectivity index (χ2n) is 4.95. The summed E-state index contributed by atoms with van der Waals surface area (Å²) in [5.41, 5.74) is 0. The lowest BCUT2D eigenvalue weighted by Crippen LogP contribution is -2.33. The molecule has 1 aliphatic rings. The van der Waals surface area contributed by atoms with Gasteiger partial charge in [0.2, 0.25) is 5.91 Å². The van der Waals surface area contributed by atoms with E-state index in [9.17, 15) is 4.79 Å². The van der Waals surface area contributed by atoms with Crippen molar-refractivity contribution in [2.75, 3.05) is 26.2 Å². The van der Waals surface area contributed by atoms with E-state index in [1.807, 2.05) is 9.58 Å². The van der Waals surface area contributed by atoms with Gasteiger partial charge < -0.3 is 4.90 Å². The maximum absolute atomic E-state index is 11.4. The van der Waals surface area contributed by atoms with Gasteiger partial charge in [0.05, 0.1) is 6.54 Å². The quantitative estimate of drug-likeness (QED) is 0.775. The summed E-state index contributed by atoms with van der Waals surface area (Å²) in [5, 5.41) is 11.8. The van der Waals surface area contributed by atoms with Crippen LogP contribution < -0.4 is 0 Å². The van der Waals surface area contributed by atoms with Gasteiger partial charge in [-0.3, -0.25) is 9.69 Å². The van der Waals surface area contributed by atoms with Gasteiger partial charge in [0.25, 0.3) is 0 Å². The number of tetrazole rings is 1. The fourth-order valence-electron chi connectivity index (χ4n) is 2.37. The molecule has 7 heteroatoms. The van der Waals surface area contributed by atoms with E-state index < -0.39 is 0 Å². The zero-order valence-corrected chi connectivity index (χ0v) is 11.7. The Kier molecular flexibility index (Phi) is 4.84. The number of carbonyl (C=O) groups is 1. The molecule has 0 atom stereocenters. The summed E-state index contributed by atoms with van der Waals surface area (Å²) in [7, 11) is 0. The summed E-state index contributed by atoms with van der Waals surface area (Å²) in [6, 6.07) is 0. The Morgan fingerprint density at radius 1 is 1.26 bits per heavy atom. The fourth-order valence-corrected chi connectivity index (χ4v) is 2.37. The van der Waals surface area contributed by atoms with Gasteiger partial charge in [0.15, 0.2) is 5.82 Å². The molecule has 0 radical (unpaired) electrons. The standard InChI is InChI=1S/C12H22N6O/c1-3-5-18-12(13-14-15-18)10-16-6-4-7-17(9-8-16)11(2)19/h3-10H2,1-2H3. The van der Waals surface area contributed by atoms with Crippen molar-refractivity contribution in [3.63, 3.8) is 0 Å². The molecule has 0 aliphatic carbocycles. The highest BCUT2D eigenvalue weighted by molar-refractivity contribution is 5.73. The van der Waals surface area contributed by atoms with Crippen LogP contribution in [0.5, 0.6) is 0 Å². The topological polar surface area (TPSA) is 67.2 Å². The van der Waals surface area contributed by atoms with Crippen molar-refractivity contribution in [3.8, 4) is 0 Å². The molecule has 1 saturated heterocycles. The Labute approximate surface area is 113 Å². The molecule has 0 unspecified atom stereocenters. The summed E-state index contributed by atoms with van der Waals surface area (Å²) < 4.78 is 1.87. The van der Waals surface area contributed by atoms with E-state index in [-0.39, 0.29) is 5.91 Å². The molecular formula is C12H22N6O. The maximum atomic E-state index is 11.4. The third-order valence-electron chi connectivity index (χ3n) is 3.44. The molecule has 0 bridgehead atoms. The van der Waals surface area contributed by atoms with Crippen LogP contribution in [0.2, 0.25) is 0 Å². The van der Waals surface area contributed by atoms with Crippen LogP contribution >= 0.6 is 0 Å². The predicted octanol–water partition coefficient (Wildman–Crippen LogP) is 0.137. The first-order valence-corrected chi connectivity index (χ1v) is 6.93. The highest BCUT2D eigenvalue weighted by Gasteiger charge is 2.18. The number of hydrogen-bond donors (Lipinski definition) is 0. The highest BCUT2D eigenvalue weighted by Crippen LogP contribution is 2.07. The number of aromatic nitrogens is 4. The van der Waals surface area contributed by atoms with Crippen molar-refractivity contribution in [2.24, 2.45) is 0 Å². The van der Waals surface area contributed by atoms with Crippen LogP contribution in [0.15, 0.2) is 0 Å². The molecule has 0 N–H and O–H groups in total. The minimum Gasteiger partial charge on any atom is -0.342 e. The van der Waals surface area contributed by atoms with Crippen molar-refractivity contribution in [1.82, 2.24) is 30.0 Å². The Morgan fingerprint density at radius 2 is 2.11 bits per heavy atom. The number of aryl methyl sites for hydroxylation is 1. The lowest BCUT2D eigenvalue weighted by Gasteiger charge is -2.20. The van der Waals surface area contributed by atoms with Crippen molar-refractivity contribution in [3.05, 3.63) is 5.82 Å². The SMILES string of the molecule is CCCn1nnnc1CN1CCCN(C(C)=O)CC1. The van der Waals surface area contributed by atoms with Gasteiger partial charge in [0.1, 0.15) is 0 Å². The normalized spacial score (nSPS) is 17.5. The summed E-state index contributed by atoms with van der Waals surface area (Å²) in [4.78, 5) is 15.6. The zero-order chi connectivity index (χ0) is 13.7. The second kappa shape index (κ2) is 6.60. The highest BCUT2D eigenvalue weighted by atomic mass is 16.2. The molecule has 0 aromatic carbocycles. The van der Waals surface area contributed by atoms with E-state index in [2.05, 4.69) is 27.3 Å². The first-order chi connectivity index (χ1) is 9.20. The van der Waals surface area contributed by atoms with Crippen molar-refractivity contribution in [1.29, 1.82) is 0 Å². The maximum Gasteiger partial charge on any atom is 0.219 e. The molecule has 1 aromatic rings. The van der Waals surface area contributed by atoms with Gasteiger partial charge in [-0.15, -0.1) is 5.10 Å². The van der Waals surface area contributed by atoms with Crippen molar-refractivity contribution in [2.45, 2.75) is 39.8 Å². The van der Waals surface area contributed by atoms with Crippen LogP contribution in [0, 0.1) is 0 Å². The Balaban J connectivity index is 1.92. The molecule has 2 heterocycles. The number of nitrogens with zero attached hydrogens (tertiary/aromatic N) is 6. The fraction of sp³-hybridized carbons (Fsp3) is 0.833. The van der Waals surface area contributed by atoms with Gasteiger partial charge in [-0.05, 0) is 23.3 Å². The predicted molar refractivity (Wildman–Crippen MR) is 70.3 cm³/mol. The number of hydrogen-bond acceptors (Lipinski definition) is 5. The summed E-state index contributed by atoms with van der Waals surface area (Å²) >= 11 is 0. The number of amides is 1. The van der Waals surface area contributed by atoms with E-state index in [1.54, 1.807) is 6.92 Å². The minimum atomic E-state index is 0.165. The van der Waals surface area contributed by atoms with E-state index in [0.29, 0.717) is 0 Å². The van der Waals surface area contributed by atoms with Gasteiger partial charge in [-0.2, -0.15) is 0 Å². The van der Waals surface area contributed by atoms with E-state index in [1.165, 1.54) is 0 Å². The first kappa shape index (κ1) is 13.9. The minimum absolute atomic E-state index is 0.165. The molecule has 2 rings (SSSR count). The number of rotatable bonds is 4. The Morgan fingerprint density at radius 3 is 2.84 bits per heavy atom. The lowest BCUT2D eigenvalue weighted by atomic mass is 10.3. The van der Waals surface area contributed by atoms with E-state index >= 15 is 0 Å². The van der Waals surface area contributed by atoms with Gasteiger partial charge >= 0.3 is 0 Å².